The molecule has 4 rings (SSSR count). The van der Waals surface area contributed by atoms with Gasteiger partial charge in [0.1, 0.15) is 5.75 Å². The molecule has 0 fully saturated rings. The zero-order valence-corrected chi connectivity index (χ0v) is 18.0. The molecule has 1 aromatic heterocycles. The molecule has 7 heteroatoms. The van der Waals surface area contributed by atoms with Crippen LogP contribution in [0.25, 0.3) is 21.9 Å². The van der Waals surface area contributed by atoms with Gasteiger partial charge in [-0.15, -0.1) is 0 Å². The number of amides is 2. The van der Waals surface area contributed by atoms with Crippen LogP contribution in [0.15, 0.2) is 82.0 Å². The van der Waals surface area contributed by atoms with E-state index in [-0.39, 0.29) is 5.88 Å². The van der Waals surface area contributed by atoms with Gasteiger partial charge in [-0.1, -0.05) is 36.4 Å². The first kappa shape index (κ1) is 21.0. The summed E-state index contributed by atoms with van der Waals surface area (Å²) < 4.78 is 11.3. The van der Waals surface area contributed by atoms with E-state index in [4.69, 9.17) is 14.9 Å². The van der Waals surface area contributed by atoms with Gasteiger partial charge >= 0.3 is 11.7 Å². The van der Waals surface area contributed by atoms with Crippen LogP contribution < -0.4 is 25.9 Å². The Morgan fingerprint density at radius 2 is 1.47 bits per heavy atom. The van der Waals surface area contributed by atoms with Crippen molar-refractivity contribution in [2.24, 2.45) is 5.73 Å². The second kappa shape index (κ2) is 8.47. The van der Waals surface area contributed by atoms with E-state index < -0.39 is 11.7 Å². The number of fused-ring (bicyclic) bond motifs is 1. The van der Waals surface area contributed by atoms with Crippen molar-refractivity contribution in [3.63, 3.8) is 0 Å². The average Bonchev–Trinajstić information content (AvgIpc) is 2.80. The summed E-state index contributed by atoms with van der Waals surface area (Å²) >= 11 is 0. The van der Waals surface area contributed by atoms with Crippen molar-refractivity contribution in [3.8, 4) is 16.9 Å². The molecule has 2 N–H and O–H groups in total. The fourth-order valence-electron chi connectivity index (χ4n) is 3.70. The molecule has 0 saturated carbocycles. The molecule has 0 bridgehead atoms. The molecule has 0 saturated heterocycles. The third kappa shape index (κ3) is 3.65. The van der Waals surface area contributed by atoms with Crippen LogP contribution in [-0.4, -0.2) is 27.2 Å². The molecule has 0 unspecified atom stereocenters. The standard InChI is InChI=1S/C25H23N3O4/c1-27(2)16-12-14-17(15-13-16)28(25(26)30)23-22(20-10-6-7-11-21(20)31-3)18-8-4-5-9-19(18)24(29)32-23/h4-15H,1-3H3,(H2,26,30). The smallest absolute Gasteiger partial charge is 0.345 e. The molecule has 0 atom stereocenters. The van der Waals surface area contributed by atoms with Crippen molar-refractivity contribution in [3.05, 3.63) is 83.2 Å². The highest BCUT2D eigenvalue weighted by Gasteiger charge is 2.27. The summed E-state index contributed by atoms with van der Waals surface area (Å²) in [5.41, 5.74) is 7.85. The van der Waals surface area contributed by atoms with Crippen LogP contribution in [0.4, 0.5) is 22.1 Å². The average molecular weight is 429 g/mol. The minimum Gasteiger partial charge on any atom is -0.496 e. The van der Waals surface area contributed by atoms with Gasteiger partial charge in [0, 0.05) is 30.7 Å². The van der Waals surface area contributed by atoms with E-state index in [9.17, 15) is 9.59 Å². The van der Waals surface area contributed by atoms with E-state index in [1.54, 1.807) is 37.4 Å². The van der Waals surface area contributed by atoms with Gasteiger partial charge in [-0.2, -0.15) is 0 Å². The van der Waals surface area contributed by atoms with Gasteiger partial charge in [-0.25, -0.2) is 14.5 Å². The summed E-state index contributed by atoms with van der Waals surface area (Å²) in [5, 5.41) is 1.02. The van der Waals surface area contributed by atoms with Gasteiger partial charge in [0.25, 0.3) is 0 Å². The topological polar surface area (TPSA) is 89.0 Å². The molecule has 162 valence electrons. The van der Waals surface area contributed by atoms with Crippen LogP contribution in [0, 0.1) is 0 Å². The Labute approximate surface area is 185 Å². The highest BCUT2D eigenvalue weighted by atomic mass is 16.5. The van der Waals surface area contributed by atoms with Crippen molar-refractivity contribution in [2.75, 3.05) is 31.0 Å². The van der Waals surface area contributed by atoms with Crippen LogP contribution in [-0.2, 0) is 0 Å². The summed E-state index contributed by atoms with van der Waals surface area (Å²) in [7, 11) is 5.40. The van der Waals surface area contributed by atoms with Gasteiger partial charge in [-0.05, 0) is 36.4 Å². The van der Waals surface area contributed by atoms with E-state index in [2.05, 4.69) is 0 Å². The maximum atomic E-state index is 12.9. The van der Waals surface area contributed by atoms with Gasteiger partial charge in [-0.3, -0.25) is 0 Å². The minimum absolute atomic E-state index is 0.0308. The number of para-hydroxylation sites is 1. The Morgan fingerprint density at radius 3 is 2.09 bits per heavy atom. The Balaban J connectivity index is 2.06. The van der Waals surface area contributed by atoms with Crippen LogP contribution in [0.2, 0.25) is 0 Å². The predicted molar refractivity (Wildman–Crippen MR) is 127 cm³/mol. The second-order valence-electron chi connectivity index (χ2n) is 7.40. The van der Waals surface area contributed by atoms with Crippen molar-refractivity contribution >= 4 is 34.1 Å². The Hall–Kier alpha value is -4.26. The fraction of sp³-hybridized carbons (Fsp3) is 0.120. The number of rotatable bonds is 5. The molecule has 0 radical (unpaired) electrons. The van der Waals surface area contributed by atoms with E-state index in [0.717, 1.165) is 5.69 Å². The van der Waals surface area contributed by atoms with E-state index in [0.29, 0.717) is 33.3 Å². The Bertz CT molecular complexity index is 1340. The molecular formula is C25H23N3O4. The molecular weight excluding hydrogens is 406 g/mol. The molecule has 2 amide bonds. The number of ether oxygens (including phenoxy) is 1. The van der Waals surface area contributed by atoms with E-state index >= 15 is 0 Å². The maximum Gasteiger partial charge on any atom is 0.345 e. The van der Waals surface area contributed by atoms with Crippen LogP contribution in [0.3, 0.4) is 0 Å². The van der Waals surface area contributed by atoms with Crippen molar-refractivity contribution < 1.29 is 13.9 Å². The van der Waals surface area contributed by atoms with Crippen LogP contribution in [0.5, 0.6) is 5.75 Å². The summed E-state index contributed by atoms with van der Waals surface area (Å²) in [6.45, 7) is 0. The summed E-state index contributed by atoms with van der Waals surface area (Å²) in [4.78, 5) is 28.6. The molecule has 7 nitrogen and oxygen atoms in total. The van der Waals surface area contributed by atoms with E-state index in [1.165, 1.54) is 4.90 Å². The number of nitrogens with two attached hydrogens (primary N) is 1. The monoisotopic (exact) mass is 429 g/mol. The molecule has 1 heterocycles. The predicted octanol–water partition coefficient (Wildman–Crippen LogP) is 4.75. The lowest BCUT2D eigenvalue weighted by Gasteiger charge is -2.24. The number of methoxy groups -OCH3 is 1. The molecule has 0 aliphatic carbocycles. The molecule has 3 aromatic carbocycles. The zero-order chi connectivity index (χ0) is 22.8. The number of anilines is 3. The maximum absolute atomic E-state index is 12.9. The molecule has 0 aliphatic heterocycles. The van der Waals surface area contributed by atoms with Gasteiger partial charge in [0.05, 0.1) is 23.7 Å². The lowest BCUT2D eigenvalue weighted by molar-refractivity contribution is 0.255. The molecule has 0 aliphatic rings. The third-order valence-corrected chi connectivity index (χ3v) is 5.24. The van der Waals surface area contributed by atoms with Gasteiger partial charge < -0.3 is 19.8 Å². The largest absolute Gasteiger partial charge is 0.496 e. The van der Waals surface area contributed by atoms with Crippen LogP contribution >= 0.6 is 0 Å². The fourth-order valence-corrected chi connectivity index (χ4v) is 3.70. The lowest BCUT2D eigenvalue weighted by Crippen LogP contribution is -2.32. The SMILES string of the molecule is COc1ccccc1-c1c(N(C(N)=O)c2ccc(N(C)C)cc2)oc(=O)c2ccccc12. The first-order valence-corrected chi connectivity index (χ1v) is 9.98. The number of carbonyl (C=O) groups excluding carboxylic acids is 1. The van der Waals surface area contributed by atoms with Crippen molar-refractivity contribution in [1.29, 1.82) is 0 Å². The first-order chi connectivity index (χ1) is 15.4. The molecule has 4 aromatic rings. The third-order valence-electron chi connectivity index (χ3n) is 5.24. The van der Waals surface area contributed by atoms with E-state index in [1.807, 2.05) is 61.5 Å². The van der Waals surface area contributed by atoms with Gasteiger partial charge in [0.15, 0.2) is 0 Å². The number of hydrogen-bond donors (Lipinski definition) is 1. The number of hydrogen-bond acceptors (Lipinski definition) is 5. The number of primary amides is 1. The van der Waals surface area contributed by atoms with Crippen molar-refractivity contribution in [1.82, 2.24) is 0 Å². The number of urea groups is 1. The summed E-state index contributed by atoms with van der Waals surface area (Å²) in [6, 6.07) is 20.9. The Kier molecular flexibility index (Phi) is 5.55. The molecule has 32 heavy (non-hydrogen) atoms. The van der Waals surface area contributed by atoms with Crippen molar-refractivity contribution in [2.45, 2.75) is 0 Å². The normalized spacial score (nSPS) is 10.7. The highest BCUT2D eigenvalue weighted by Crippen LogP contribution is 2.42. The number of carbonyl (C=O) groups is 1. The Morgan fingerprint density at radius 1 is 0.875 bits per heavy atom. The quantitative estimate of drug-likeness (QED) is 0.494. The number of nitrogens with zero attached hydrogens (tertiary/aromatic N) is 2. The minimum atomic E-state index is -0.780. The summed E-state index contributed by atoms with van der Waals surface area (Å²) in [6.07, 6.45) is 0. The van der Waals surface area contributed by atoms with Crippen LogP contribution in [0.1, 0.15) is 0 Å². The van der Waals surface area contributed by atoms with Gasteiger partial charge in [0.2, 0.25) is 5.88 Å². The lowest BCUT2D eigenvalue weighted by atomic mass is 9.99. The second-order valence-corrected chi connectivity index (χ2v) is 7.40. The summed E-state index contributed by atoms with van der Waals surface area (Å²) in [5.74, 6) is 0.600. The first-order valence-electron chi connectivity index (χ1n) is 9.98. The highest BCUT2D eigenvalue weighted by molar-refractivity contribution is 6.08. The zero-order valence-electron chi connectivity index (χ0n) is 18.0. The molecule has 0 spiro atoms. The number of benzene rings is 3.